The highest BCUT2D eigenvalue weighted by atomic mass is 16.6. The summed E-state index contributed by atoms with van der Waals surface area (Å²) >= 11 is 0. The van der Waals surface area contributed by atoms with E-state index in [0.717, 1.165) is 58.7 Å². The van der Waals surface area contributed by atoms with Crippen molar-refractivity contribution in [3.63, 3.8) is 0 Å². The second kappa shape index (κ2) is 13.5. The number of nitrogens with zero attached hydrogens (tertiary/aromatic N) is 5. The van der Waals surface area contributed by atoms with Gasteiger partial charge in [0.2, 0.25) is 0 Å². The van der Waals surface area contributed by atoms with Crippen molar-refractivity contribution in [2.45, 2.75) is 39.2 Å². The second-order valence-electron chi connectivity index (χ2n) is 10.7. The number of hydrogen-bond donors (Lipinski definition) is 0. The Balaban J connectivity index is 1.60. The van der Waals surface area contributed by atoms with Gasteiger partial charge in [0.15, 0.2) is 0 Å². The summed E-state index contributed by atoms with van der Waals surface area (Å²) in [6, 6.07) is 28.4. The average molecular weight is 596 g/mol. The molecule has 0 atom stereocenters. The van der Waals surface area contributed by atoms with Crippen molar-refractivity contribution in [2.75, 3.05) is 0 Å². The highest BCUT2D eigenvalue weighted by molar-refractivity contribution is 6.10. The van der Waals surface area contributed by atoms with Crippen molar-refractivity contribution in [2.24, 2.45) is 0 Å². The molecule has 5 aromatic rings. The maximum Gasteiger partial charge on any atom is 0.269 e. The van der Waals surface area contributed by atoms with Crippen molar-refractivity contribution in [1.82, 2.24) is 4.57 Å². The van der Waals surface area contributed by atoms with E-state index in [1.165, 1.54) is 30.7 Å². The molecule has 45 heavy (non-hydrogen) atoms. The first-order valence-electron chi connectivity index (χ1n) is 14.6. The van der Waals surface area contributed by atoms with Crippen molar-refractivity contribution < 1.29 is 9.85 Å². The second-order valence-corrected chi connectivity index (χ2v) is 10.7. The standard InChI is InChI=1S/C36H29N5O4/c1-2-3-4-5-18-39-35-16-6-25(19-29(23-37)27-8-12-31(13-9-27)40(42)43)21-33(35)34-22-26(7-17-36(34)39)20-30(24-38)28-10-14-32(15-11-28)41(44)45/h6-17,19-22H,2-5,18H2,1H3/b29-19+,30-20+. The van der Waals surface area contributed by atoms with Crippen LogP contribution in [0.3, 0.4) is 0 Å². The number of aromatic nitrogens is 1. The first-order valence-corrected chi connectivity index (χ1v) is 14.6. The number of nitriles is 2. The van der Waals surface area contributed by atoms with Crippen LogP contribution >= 0.6 is 0 Å². The summed E-state index contributed by atoms with van der Waals surface area (Å²) in [6.07, 6.45) is 8.02. The summed E-state index contributed by atoms with van der Waals surface area (Å²) in [5.41, 5.74) is 5.61. The third-order valence-electron chi connectivity index (χ3n) is 7.79. The molecule has 0 bridgehead atoms. The van der Waals surface area contributed by atoms with Crippen LogP contribution in [0.5, 0.6) is 0 Å². The number of non-ortho nitro benzene ring substituents is 2. The summed E-state index contributed by atoms with van der Waals surface area (Å²) in [5.74, 6) is 0. The Bertz CT molecular complexity index is 1920. The summed E-state index contributed by atoms with van der Waals surface area (Å²) in [6.45, 7) is 3.03. The molecule has 9 heteroatoms. The SMILES string of the molecule is CCCCCCn1c2ccc(/C=C(\C#N)c3ccc([N+](=O)[O-])cc3)cc2c2cc(/C=C(\C#N)c3ccc([N+](=O)[O-])cc3)ccc21. The molecular formula is C36H29N5O4. The summed E-state index contributed by atoms with van der Waals surface area (Å²) in [5, 5.41) is 43.9. The van der Waals surface area contributed by atoms with E-state index in [4.69, 9.17) is 0 Å². The van der Waals surface area contributed by atoms with Gasteiger partial charge in [0.05, 0.1) is 33.1 Å². The van der Waals surface area contributed by atoms with Gasteiger partial charge in [-0.25, -0.2) is 0 Å². The lowest BCUT2D eigenvalue weighted by molar-refractivity contribution is -0.385. The molecule has 5 rings (SSSR count). The van der Waals surface area contributed by atoms with Gasteiger partial charge in [0.1, 0.15) is 0 Å². The molecular weight excluding hydrogens is 566 g/mol. The van der Waals surface area contributed by atoms with Gasteiger partial charge in [0.25, 0.3) is 11.4 Å². The number of allylic oxidation sites excluding steroid dienone is 2. The predicted octanol–water partition coefficient (Wildman–Crippen LogP) is 9.32. The number of unbranched alkanes of at least 4 members (excludes halogenated alkanes) is 3. The fourth-order valence-corrected chi connectivity index (χ4v) is 5.48. The molecule has 0 amide bonds. The van der Waals surface area contributed by atoms with Crippen LogP contribution < -0.4 is 0 Å². The molecule has 222 valence electrons. The topological polar surface area (TPSA) is 139 Å². The van der Waals surface area contributed by atoms with E-state index in [1.54, 1.807) is 36.4 Å². The molecule has 0 saturated heterocycles. The van der Waals surface area contributed by atoms with Crippen LogP contribution in [-0.2, 0) is 6.54 Å². The van der Waals surface area contributed by atoms with Crippen LogP contribution in [0.1, 0.15) is 54.9 Å². The van der Waals surface area contributed by atoms with Crippen LogP contribution in [0.25, 0.3) is 45.1 Å². The maximum absolute atomic E-state index is 11.1. The summed E-state index contributed by atoms with van der Waals surface area (Å²) < 4.78 is 2.31. The lowest BCUT2D eigenvalue weighted by Crippen LogP contribution is -1.97. The molecule has 9 nitrogen and oxygen atoms in total. The Kier molecular flexibility index (Phi) is 9.12. The Morgan fingerprint density at radius 2 is 1.13 bits per heavy atom. The molecule has 0 fully saturated rings. The van der Waals surface area contributed by atoms with Gasteiger partial charge in [-0.05, 0) is 89.4 Å². The molecule has 0 aliphatic carbocycles. The molecule has 4 aromatic carbocycles. The van der Waals surface area contributed by atoms with Crippen molar-refractivity contribution >= 4 is 56.5 Å². The van der Waals surface area contributed by atoms with Gasteiger partial charge in [-0.15, -0.1) is 0 Å². The van der Waals surface area contributed by atoms with Gasteiger partial charge < -0.3 is 4.57 Å². The van der Waals surface area contributed by atoms with E-state index < -0.39 is 9.85 Å². The minimum Gasteiger partial charge on any atom is -0.340 e. The molecule has 0 spiro atoms. The first-order chi connectivity index (χ1) is 21.8. The largest absolute Gasteiger partial charge is 0.340 e. The van der Waals surface area contributed by atoms with Crippen molar-refractivity contribution in [3.8, 4) is 12.1 Å². The highest BCUT2D eigenvalue weighted by Crippen LogP contribution is 2.33. The molecule has 1 heterocycles. The van der Waals surface area contributed by atoms with Gasteiger partial charge in [0, 0.05) is 52.6 Å². The van der Waals surface area contributed by atoms with Crippen molar-refractivity contribution in [1.29, 1.82) is 10.5 Å². The number of fused-ring (bicyclic) bond motifs is 3. The highest BCUT2D eigenvalue weighted by Gasteiger charge is 2.14. The smallest absolute Gasteiger partial charge is 0.269 e. The molecule has 0 aliphatic rings. The zero-order valence-corrected chi connectivity index (χ0v) is 24.6. The van der Waals surface area contributed by atoms with E-state index >= 15 is 0 Å². The van der Waals surface area contributed by atoms with E-state index in [-0.39, 0.29) is 11.4 Å². The Hall–Kier alpha value is -6.06. The minimum absolute atomic E-state index is 0.0396. The van der Waals surface area contributed by atoms with Gasteiger partial charge in [-0.2, -0.15) is 10.5 Å². The number of nitro benzene ring substituents is 2. The number of benzene rings is 4. The lowest BCUT2D eigenvalue weighted by Gasteiger charge is -2.08. The van der Waals surface area contributed by atoms with Gasteiger partial charge in [-0.3, -0.25) is 20.2 Å². The lowest BCUT2D eigenvalue weighted by atomic mass is 10.0. The molecule has 1 aromatic heterocycles. The quantitative estimate of drug-likeness (QED) is 0.0490. The van der Waals surface area contributed by atoms with E-state index in [2.05, 4.69) is 35.8 Å². The molecule has 0 saturated carbocycles. The minimum atomic E-state index is -0.472. The molecule has 0 radical (unpaired) electrons. The van der Waals surface area contributed by atoms with Crippen LogP contribution in [0.4, 0.5) is 11.4 Å². The number of nitro groups is 2. The van der Waals surface area contributed by atoms with Crippen LogP contribution in [0.2, 0.25) is 0 Å². The van der Waals surface area contributed by atoms with Gasteiger partial charge >= 0.3 is 0 Å². The van der Waals surface area contributed by atoms with Gasteiger partial charge in [-0.1, -0.05) is 38.3 Å². The Morgan fingerprint density at radius 3 is 1.51 bits per heavy atom. The Labute approximate surface area is 259 Å². The number of hydrogen-bond acceptors (Lipinski definition) is 6. The fraction of sp³-hybridized carbons (Fsp3) is 0.167. The van der Waals surface area contributed by atoms with E-state index in [9.17, 15) is 30.8 Å². The average Bonchev–Trinajstić information content (AvgIpc) is 3.36. The molecule has 0 aliphatic heterocycles. The van der Waals surface area contributed by atoms with Crippen LogP contribution in [0.15, 0.2) is 84.9 Å². The van der Waals surface area contributed by atoms with Crippen LogP contribution in [0, 0.1) is 42.9 Å². The summed E-state index contributed by atoms with van der Waals surface area (Å²) in [4.78, 5) is 21.2. The zero-order valence-electron chi connectivity index (χ0n) is 24.6. The fourth-order valence-electron chi connectivity index (χ4n) is 5.48. The monoisotopic (exact) mass is 595 g/mol. The summed E-state index contributed by atoms with van der Waals surface area (Å²) in [7, 11) is 0. The molecule has 0 unspecified atom stereocenters. The van der Waals surface area contributed by atoms with Crippen molar-refractivity contribution in [3.05, 3.63) is 127 Å². The normalized spacial score (nSPS) is 11.8. The predicted molar refractivity (Wildman–Crippen MR) is 177 cm³/mol. The first kappa shape index (κ1) is 30.4. The molecule has 0 N–H and O–H groups in total. The zero-order chi connectivity index (χ0) is 31.9. The Morgan fingerprint density at radius 1 is 0.689 bits per heavy atom. The number of aryl methyl sites for hydroxylation is 1. The third kappa shape index (κ3) is 6.64. The van der Waals surface area contributed by atoms with Crippen LogP contribution in [-0.4, -0.2) is 14.4 Å². The third-order valence-corrected chi connectivity index (χ3v) is 7.79. The number of rotatable bonds is 11. The maximum atomic E-state index is 11.1. The van der Waals surface area contributed by atoms with E-state index in [1.807, 2.05) is 24.3 Å². The van der Waals surface area contributed by atoms with E-state index in [0.29, 0.717) is 22.3 Å².